The van der Waals surface area contributed by atoms with E-state index in [1.807, 2.05) is 43.3 Å². The van der Waals surface area contributed by atoms with E-state index in [0.29, 0.717) is 36.8 Å². The van der Waals surface area contributed by atoms with Gasteiger partial charge in [0.15, 0.2) is 0 Å². The molecule has 1 rings (SSSR count). The molecule has 0 bridgehead atoms. The van der Waals surface area contributed by atoms with E-state index < -0.39 is 8.80 Å². The van der Waals surface area contributed by atoms with Crippen LogP contribution in [0.4, 0.5) is 0 Å². The Balaban J connectivity index is -0.000000487. The van der Waals surface area contributed by atoms with E-state index in [4.69, 9.17) is 18.0 Å². The molecule has 0 spiro atoms. The fourth-order valence-electron chi connectivity index (χ4n) is 2.27. The molecule has 40 heavy (non-hydrogen) atoms. The summed E-state index contributed by atoms with van der Waals surface area (Å²) < 4.78 is 29.6. The van der Waals surface area contributed by atoms with Crippen LogP contribution in [0.25, 0.3) is 6.08 Å². The topological polar surface area (TPSA) is 107 Å². The molecule has 0 saturated heterocycles. The predicted molar refractivity (Wildman–Crippen MR) is 161 cm³/mol. The molecule has 0 unspecified atom stereocenters. The van der Waals surface area contributed by atoms with Crippen LogP contribution >= 0.6 is 0 Å². The summed E-state index contributed by atoms with van der Waals surface area (Å²) >= 11 is 0. The van der Waals surface area contributed by atoms with Gasteiger partial charge in [-0.3, -0.25) is 0 Å². The molecule has 9 nitrogen and oxygen atoms in total. The average molecular weight is 581 g/mol. The molecule has 0 saturated carbocycles. The average Bonchev–Trinajstić information content (AvgIpc) is 2.98. The Morgan fingerprint density at radius 2 is 1.30 bits per heavy atom. The van der Waals surface area contributed by atoms with Crippen LogP contribution < -0.4 is 0 Å². The van der Waals surface area contributed by atoms with Crippen molar-refractivity contribution in [3.05, 3.63) is 79.4 Å². The first kappa shape index (κ1) is 41.2. The van der Waals surface area contributed by atoms with E-state index in [2.05, 4.69) is 35.8 Å². The Kier molecular flexibility index (Phi) is 28.1. The SMILES string of the molecule is C=C(C)C(=O)OC.C=C(C)C(=O)OCCC[Si](OC)(OC)OC.C=CC(=O)OCCCC.C=Cc1ccccc1. The minimum absolute atomic E-state index is 0.316. The maximum Gasteiger partial charge on any atom is 0.500 e. The number of carbonyl (C=O) groups is 3. The van der Waals surface area contributed by atoms with Crippen LogP contribution in [0.15, 0.2) is 73.9 Å². The number of benzene rings is 1. The van der Waals surface area contributed by atoms with Crippen molar-refractivity contribution in [1.82, 2.24) is 0 Å². The molecular weight excluding hydrogens is 532 g/mol. The normalized spacial score (nSPS) is 9.47. The number of carbonyl (C=O) groups excluding carboxylic acids is 3. The van der Waals surface area contributed by atoms with Gasteiger partial charge in [-0.2, -0.15) is 0 Å². The molecule has 0 fully saturated rings. The lowest BCUT2D eigenvalue weighted by Crippen LogP contribution is -2.42. The van der Waals surface area contributed by atoms with Gasteiger partial charge >= 0.3 is 26.7 Å². The lowest BCUT2D eigenvalue weighted by atomic mass is 10.2. The third-order valence-electron chi connectivity index (χ3n) is 4.62. The summed E-state index contributed by atoms with van der Waals surface area (Å²) in [6.07, 6.45) is 5.63. The van der Waals surface area contributed by atoms with Crippen molar-refractivity contribution in [2.45, 2.75) is 46.1 Å². The Bertz CT molecular complexity index is 870. The Hall–Kier alpha value is -3.31. The highest BCUT2D eigenvalue weighted by Gasteiger charge is 2.36. The number of esters is 3. The van der Waals surface area contributed by atoms with E-state index in [9.17, 15) is 14.4 Å². The van der Waals surface area contributed by atoms with E-state index in [0.717, 1.165) is 12.8 Å². The monoisotopic (exact) mass is 580 g/mol. The molecular formula is C30H48O9Si. The number of hydrogen-bond acceptors (Lipinski definition) is 9. The predicted octanol–water partition coefficient (Wildman–Crippen LogP) is 5.95. The van der Waals surface area contributed by atoms with Crippen LogP contribution in [0.2, 0.25) is 6.04 Å². The third-order valence-corrected chi connectivity index (χ3v) is 7.45. The molecule has 0 N–H and O–H groups in total. The molecule has 0 aliphatic heterocycles. The molecule has 0 aliphatic carbocycles. The zero-order chi connectivity index (χ0) is 31.4. The standard InChI is InChI=1S/C10H20O5Si.C8H8.C7H12O2.C5H8O2/c1-9(2)10(11)15-7-6-8-16(12-3,13-4)14-5;1-2-8-6-4-3-5-7-8;1-3-5-6-9-7(8)4-2;1-4(2)5(6)7-3/h1,6-8H2,2-5H3;2-7H,1H2;4H,2-3,5-6H2,1H3;1H2,2-3H3. The van der Waals surface area contributed by atoms with Crippen LogP contribution in [0.1, 0.15) is 45.6 Å². The molecule has 0 aromatic heterocycles. The Morgan fingerprint density at radius 3 is 1.62 bits per heavy atom. The smallest absolute Gasteiger partial charge is 0.466 e. The van der Waals surface area contributed by atoms with Gasteiger partial charge in [-0.1, -0.05) is 76.1 Å². The highest BCUT2D eigenvalue weighted by atomic mass is 28.4. The van der Waals surface area contributed by atoms with Crippen molar-refractivity contribution in [2.24, 2.45) is 0 Å². The first-order chi connectivity index (χ1) is 18.9. The summed E-state index contributed by atoms with van der Waals surface area (Å²) in [5, 5.41) is 0. The number of hydrogen-bond donors (Lipinski definition) is 0. The second-order valence-corrected chi connectivity index (χ2v) is 11.0. The molecule has 226 valence electrons. The van der Waals surface area contributed by atoms with E-state index in [1.165, 1.54) is 18.7 Å². The number of unbranched alkanes of at least 4 members (excludes halogenated alkanes) is 1. The van der Waals surface area contributed by atoms with Gasteiger partial charge in [-0.15, -0.1) is 0 Å². The molecule has 0 aliphatic rings. The minimum Gasteiger partial charge on any atom is -0.466 e. The largest absolute Gasteiger partial charge is 0.500 e. The Morgan fingerprint density at radius 1 is 0.800 bits per heavy atom. The zero-order valence-corrected chi connectivity index (χ0v) is 26.3. The summed E-state index contributed by atoms with van der Waals surface area (Å²) in [4.78, 5) is 31.6. The second kappa shape index (κ2) is 27.3. The summed E-state index contributed by atoms with van der Waals surface area (Å²) in [6.45, 7) is 19.8. The van der Waals surface area contributed by atoms with Crippen LogP contribution in [-0.2, 0) is 41.9 Å². The number of rotatable bonds is 14. The number of ether oxygens (including phenoxy) is 3. The van der Waals surface area contributed by atoms with Crippen LogP contribution in [0.3, 0.4) is 0 Å². The first-order valence-electron chi connectivity index (χ1n) is 12.6. The quantitative estimate of drug-likeness (QED) is 0.0867. The maximum absolute atomic E-state index is 11.1. The second-order valence-electron chi connectivity index (χ2n) is 7.93. The number of methoxy groups -OCH3 is 1. The maximum atomic E-state index is 11.1. The van der Waals surface area contributed by atoms with Gasteiger partial charge in [0.2, 0.25) is 0 Å². The molecule has 0 amide bonds. The summed E-state index contributed by atoms with van der Waals surface area (Å²) in [7, 11) is 3.46. The van der Waals surface area contributed by atoms with Gasteiger partial charge in [0.05, 0.1) is 20.3 Å². The van der Waals surface area contributed by atoms with Crippen molar-refractivity contribution in [1.29, 1.82) is 0 Å². The van der Waals surface area contributed by atoms with Crippen molar-refractivity contribution in [2.75, 3.05) is 41.7 Å². The van der Waals surface area contributed by atoms with Gasteiger partial charge in [-0.05, 0) is 32.3 Å². The van der Waals surface area contributed by atoms with Gasteiger partial charge in [0, 0.05) is 44.6 Å². The Labute approximate surface area is 241 Å². The molecule has 0 atom stereocenters. The highest BCUT2D eigenvalue weighted by molar-refractivity contribution is 6.60. The van der Waals surface area contributed by atoms with Gasteiger partial charge in [0.25, 0.3) is 0 Å². The van der Waals surface area contributed by atoms with Gasteiger partial charge < -0.3 is 27.5 Å². The van der Waals surface area contributed by atoms with Crippen LogP contribution in [0.5, 0.6) is 0 Å². The molecule has 1 aromatic rings. The molecule has 0 heterocycles. The van der Waals surface area contributed by atoms with Crippen LogP contribution in [0, 0.1) is 0 Å². The van der Waals surface area contributed by atoms with E-state index in [1.54, 1.807) is 35.2 Å². The van der Waals surface area contributed by atoms with E-state index in [-0.39, 0.29) is 17.9 Å². The lowest BCUT2D eigenvalue weighted by molar-refractivity contribution is -0.139. The highest BCUT2D eigenvalue weighted by Crippen LogP contribution is 2.15. The van der Waals surface area contributed by atoms with Crippen molar-refractivity contribution in [3.63, 3.8) is 0 Å². The third kappa shape index (κ3) is 23.8. The van der Waals surface area contributed by atoms with E-state index >= 15 is 0 Å². The fourth-order valence-corrected chi connectivity index (χ4v) is 3.96. The first-order valence-corrected chi connectivity index (χ1v) is 14.6. The van der Waals surface area contributed by atoms with Crippen molar-refractivity contribution < 1.29 is 41.9 Å². The summed E-state index contributed by atoms with van der Waals surface area (Å²) in [5.41, 5.74) is 2.00. The molecule has 0 radical (unpaired) electrons. The van der Waals surface area contributed by atoms with Gasteiger partial charge in [-0.25, -0.2) is 14.4 Å². The van der Waals surface area contributed by atoms with Crippen molar-refractivity contribution in [3.8, 4) is 0 Å². The summed E-state index contributed by atoms with van der Waals surface area (Å²) in [5.74, 6) is -1.05. The minimum atomic E-state index is -2.53. The summed E-state index contributed by atoms with van der Waals surface area (Å²) in [6, 6.07) is 10.6. The molecule has 1 aromatic carbocycles. The lowest BCUT2D eigenvalue weighted by Gasteiger charge is -2.24. The van der Waals surface area contributed by atoms with Gasteiger partial charge in [0.1, 0.15) is 0 Å². The zero-order valence-electron chi connectivity index (χ0n) is 25.3. The van der Waals surface area contributed by atoms with Crippen molar-refractivity contribution >= 4 is 32.8 Å². The fraction of sp³-hybridized carbons (Fsp3) is 0.433. The van der Waals surface area contributed by atoms with Crippen LogP contribution in [-0.4, -0.2) is 68.4 Å². The molecule has 10 heteroatoms.